The first-order valence-electron chi connectivity index (χ1n) is 6.01. The van der Waals surface area contributed by atoms with E-state index in [1.165, 1.54) is 0 Å². The van der Waals surface area contributed by atoms with E-state index < -0.39 is 0 Å². The van der Waals surface area contributed by atoms with E-state index in [1.807, 2.05) is 13.8 Å². The minimum atomic E-state index is 0.0748. The van der Waals surface area contributed by atoms with Crippen LogP contribution in [0.3, 0.4) is 0 Å². The zero-order valence-corrected chi connectivity index (χ0v) is 10.5. The van der Waals surface area contributed by atoms with Crippen LogP contribution in [0, 0.1) is 13.8 Å². The van der Waals surface area contributed by atoms with Crippen LogP contribution >= 0.6 is 0 Å². The molecule has 5 nitrogen and oxygen atoms in total. The third kappa shape index (κ3) is 2.92. The molecule has 0 saturated carbocycles. The van der Waals surface area contributed by atoms with E-state index in [2.05, 4.69) is 9.88 Å². The maximum Gasteiger partial charge on any atom is 0.256 e. The first-order chi connectivity index (χ1) is 8.18. The molecule has 0 spiro atoms. The number of aromatic nitrogens is 2. The van der Waals surface area contributed by atoms with Crippen molar-refractivity contribution in [2.45, 2.75) is 20.4 Å². The highest BCUT2D eigenvalue weighted by molar-refractivity contribution is 5.12. The third-order valence-electron chi connectivity index (χ3n) is 3.28. The van der Waals surface area contributed by atoms with Crippen molar-refractivity contribution in [3.63, 3.8) is 0 Å². The second kappa shape index (κ2) is 5.42. The lowest BCUT2D eigenvalue weighted by Gasteiger charge is -2.26. The number of aryl methyl sites for hydroxylation is 1. The summed E-state index contributed by atoms with van der Waals surface area (Å²) in [4.78, 5) is 18.5. The predicted molar refractivity (Wildman–Crippen MR) is 65.2 cm³/mol. The van der Waals surface area contributed by atoms with Gasteiger partial charge in [0, 0.05) is 37.4 Å². The summed E-state index contributed by atoms with van der Waals surface area (Å²) in [5, 5.41) is 0. The van der Waals surface area contributed by atoms with Gasteiger partial charge in [-0.25, -0.2) is 4.98 Å². The Hall–Kier alpha value is -1.20. The smallest absolute Gasteiger partial charge is 0.256 e. The molecule has 0 aromatic carbocycles. The van der Waals surface area contributed by atoms with E-state index in [-0.39, 0.29) is 5.56 Å². The van der Waals surface area contributed by atoms with Crippen molar-refractivity contribution in [1.29, 1.82) is 0 Å². The standard InChI is InChI=1S/C12H19N3O2/c1-10-11(2)13-9-15(12(10)16)4-3-14-5-7-17-8-6-14/h9H,3-8H2,1-2H3. The Morgan fingerprint density at radius 3 is 2.71 bits per heavy atom. The molecule has 1 aliphatic heterocycles. The van der Waals surface area contributed by atoms with E-state index in [1.54, 1.807) is 10.9 Å². The fourth-order valence-electron chi connectivity index (χ4n) is 1.91. The Morgan fingerprint density at radius 1 is 1.29 bits per heavy atom. The Labute approximate surface area is 101 Å². The summed E-state index contributed by atoms with van der Waals surface area (Å²) in [6.45, 7) is 8.76. The molecule has 2 rings (SSSR count). The van der Waals surface area contributed by atoms with E-state index in [0.717, 1.165) is 44.1 Å². The van der Waals surface area contributed by atoms with Crippen LogP contribution < -0.4 is 5.56 Å². The monoisotopic (exact) mass is 237 g/mol. The molecular formula is C12H19N3O2. The maximum atomic E-state index is 11.9. The summed E-state index contributed by atoms with van der Waals surface area (Å²) in [7, 11) is 0. The van der Waals surface area contributed by atoms with Gasteiger partial charge in [0.05, 0.1) is 19.5 Å². The van der Waals surface area contributed by atoms with Gasteiger partial charge in [-0.2, -0.15) is 0 Å². The number of rotatable bonds is 3. The molecule has 1 aliphatic rings. The van der Waals surface area contributed by atoms with Crippen LogP contribution in [0.25, 0.3) is 0 Å². The van der Waals surface area contributed by atoms with Crippen LogP contribution in [0.4, 0.5) is 0 Å². The number of hydrogen-bond donors (Lipinski definition) is 0. The maximum absolute atomic E-state index is 11.9. The quantitative estimate of drug-likeness (QED) is 0.753. The summed E-state index contributed by atoms with van der Waals surface area (Å²) in [6, 6.07) is 0. The van der Waals surface area contributed by atoms with Crippen LogP contribution in [0.1, 0.15) is 11.3 Å². The number of morpholine rings is 1. The van der Waals surface area contributed by atoms with Crippen LogP contribution in [0.5, 0.6) is 0 Å². The lowest BCUT2D eigenvalue weighted by Crippen LogP contribution is -2.39. The van der Waals surface area contributed by atoms with Crippen molar-refractivity contribution in [3.8, 4) is 0 Å². The first-order valence-corrected chi connectivity index (χ1v) is 6.01. The SMILES string of the molecule is Cc1ncn(CCN2CCOCC2)c(=O)c1C. The summed E-state index contributed by atoms with van der Waals surface area (Å²) in [6.07, 6.45) is 1.64. The average Bonchev–Trinajstić information content (AvgIpc) is 2.36. The Bertz CT molecular complexity index is 436. The fraction of sp³-hybridized carbons (Fsp3) is 0.667. The topological polar surface area (TPSA) is 47.4 Å². The lowest BCUT2D eigenvalue weighted by atomic mass is 10.3. The molecule has 5 heteroatoms. The molecule has 1 aromatic heterocycles. The van der Waals surface area contributed by atoms with E-state index >= 15 is 0 Å². The van der Waals surface area contributed by atoms with E-state index in [9.17, 15) is 4.79 Å². The number of ether oxygens (including phenoxy) is 1. The van der Waals surface area contributed by atoms with Gasteiger partial charge in [0.1, 0.15) is 0 Å². The molecule has 0 unspecified atom stereocenters. The highest BCUT2D eigenvalue weighted by atomic mass is 16.5. The van der Waals surface area contributed by atoms with Crippen molar-refractivity contribution in [2.24, 2.45) is 0 Å². The molecular weight excluding hydrogens is 218 g/mol. The van der Waals surface area contributed by atoms with Gasteiger partial charge >= 0.3 is 0 Å². The average molecular weight is 237 g/mol. The van der Waals surface area contributed by atoms with Gasteiger partial charge in [0.15, 0.2) is 0 Å². The molecule has 94 valence electrons. The van der Waals surface area contributed by atoms with Crippen molar-refractivity contribution >= 4 is 0 Å². The summed E-state index contributed by atoms with van der Waals surface area (Å²) in [5.74, 6) is 0. The predicted octanol–water partition coefficient (Wildman–Crippen LogP) is 0.192. The highest BCUT2D eigenvalue weighted by Crippen LogP contribution is 1.98. The molecule has 17 heavy (non-hydrogen) atoms. The third-order valence-corrected chi connectivity index (χ3v) is 3.28. The highest BCUT2D eigenvalue weighted by Gasteiger charge is 2.10. The normalized spacial score (nSPS) is 17.3. The molecule has 1 saturated heterocycles. The van der Waals surface area contributed by atoms with Gasteiger partial charge in [-0.15, -0.1) is 0 Å². The summed E-state index contributed by atoms with van der Waals surface area (Å²) < 4.78 is 6.98. The van der Waals surface area contributed by atoms with E-state index in [0.29, 0.717) is 6.54 Å². The van der Waals surface area contributed by atoms with Crippen molar-refractivity contribution in [3.05, 3.63) is 27.9 Å². The van der Waals surface area contributed by atoms with Crippen molar-refractivity contribution in [2.75, 3.05) is 32.8 Å². The molecule has 0 aliphatic carbocycles. The second-order valence-corrected chi connectivity index (χ2v) is 4.41. The molecule has 1 aromatic rings. The van der Waals surface area contributed by atoms with Crippen LogP contribution in [-0.4, -0.2) is 47.3 Å². The van der Waals surface area contributed by atoms with Gasteiger partial charge in [-0.05, 0) is 13.8 Å². The molecule has 2 heterocycles. The Morgan fingerprint density at radius 2 is 2.00 bits per heavy atom. The van der Waals surface area contributed by atoms with Crippen LogP contribution in [0.15, 0.2) is 11.1 Å². The molecule has 0 N–H and O–H groups in total. The molecule has 0 amide bonds. The fourth-order valence-corrected chi connectivity index (χ4v) is 1.91. The second-order valence-electron chi connectivity index (χ2n) is 4.41. The zero-order chi connectivity index (χ0) is 12.3. The number of hydrogen-bond acceptors (Lipinski definition) is 4. The molecule has 0 radical (unpaired) electrons. The summed E-state index contributed by atoms with van der Waals surface area (Å²) >= 11 is 0. The van der Waals surface area contributed by atoms with Crippen molar-refractivity contribution < 1.29 is 4.74 Å². The van der Waals surface area contributed by atoms with Crippen LogP contribution in [0.2, 0.25) is 0 Å². The Balaban J connectivity index is 1.99. The Kier molecular flexibility index (Phi) is 3.91. The van der Waals surface area contributed by atoms with E-state index in [4.69, 9.17) is 4.74 Å². The van der Waals surface area contributed by atoms with Crippen LogP contribution in [-0.2, 0) is 11.3 Å². The van der Waals surface area contributed by atoms with Gasteiger partial charge in [0.2, 0.25) is 0 Å². The van der Waals surface area contributed by atoms with Gasteiger partial charge in [0.25, 0.3) is 5.56 Å². The van der Waals surface area contributed by atoms with Gasteiger partial charge in [-0.3, -0.25) is 14.3 Å². The van der Waals surface area contributed by atoms with Gasteiger partial charge < -0.3 is 4.74 Å². The first kappa shape index (κ1) is 12.3. The molecule has 0 atom stereocenters. The summed E-state index contributed by atoms with van der Waals surface area (Å²) in [5.41, 5.74) is 1.64. The minimum Gasteiger partial charge on any atom is -0.379 e. The molecule has 1 fully saturated rings. The minimum absolute atomic E-state index is 0.0748. The molecule has 0 bridgehead atoms. The largest absolute Gasteiger partial charge is 0.379 e. The zero-order valence-electron chi connectivity index (χ0n) is 10.5. The lowest BCUT2D eigenvalue weighted by molar-refractivity contribution is 0.0362. The van der Waals surface area contributed by atoms with Gasteiger partial charge in [-0.1, -0.05) is 0 Å². The van der Waals surface area contributed by atoms with Crippen molar-refractivity contribution in [1.82, 2.24) is 14.5 Å². The number of nitrogens with zero attached hydrogens (tertiary/aromatic N) is 3.